The maximum absolute atomic E-state index is 12.6. The molecule has 1 aliphatic heterocycles. The number of hydrogen-bond acceptors (Lipinski definition) is 5. The molecular formula is C22H24N4O2. The number of aromatic nitrogens is 3. The Balaban J connectivity index is 1.39. The molecule has 2 aromatic heterocycles. The van der Waals surface area contributed by atoms with Crippen molar-refractivity contribution < 1.29 is 4.52 Å². The Bertz CT molecular complexity index is 1020. The third kappa shape index (κ3) is 3.40. The molecule has 1 aromatic carbocycles. The number of nitrogens with one attached hydrogen (secondary N) is 1. The first kappa shape index (κ1) is 17.4. The highest BCUT2D eigenvalue weighted by Gasteiger charge is 2.25. The zero-order valence-electron chi connectivity index (χ0n) is 15.9. The standard InChI is InChI=1S/C22H24N4O2/c27-21-18(20-24-22(28-25-20)16-8-4-5-9-16)12-17-14-26(11-10-19(17)23-21)13-15-6-2-1-3-7-15/h1-3,6-7,12,16H,4-5,8-11,13-14H2,(H,23,27). The summed E-state index contributed by atoms with van der Waals surface area (Å²) in [6.07, 6.45) is 5.45. The van der Waals surface area contributed by atoms with Gasteiger partial charge in [-0.1, -0.05) is 48.3 Å². The van der Waals surface area contributed by atoms with Crippen molar-refractivity contribution in [2.24, 2.45) is 0 Å². The van der Waals surface area contributed by atoms with E-state index in [4.69, 9.17) is 4.52 Å². The van der Waals surface area contributed by atoms with Crippen LogP contribution in [0.25, 0.3) is 11.4 Å². The monoisotopic (exact) mass is 376 g/mol. The van der Waals surface area contributed by atoms with Crippen molar-refractivity contribution in [3.63, 3.8) is 0 Å². The maximum atomic E-state index is 12.6. The van der Waals surface area contributed by atoms with E-state index in [0.717, 1.165) is 50.2 Å². The second-order valence-electron chi connectivity index (χ2n) is 7.90. The average molecular weight is 376 g/mol. The summed E-state index contributed by atoms with van der Waals surface area (Å²) in [5.74, 6) is 1.43. The molecule has 1 fully saturated rings. The number of pyridine rings is 1. The summed E-state index contributed by atoms with van der Waals surface area (Å²) < 4.78 is 5.48. The normalized spacial score (nSPS) is 17.7. The third-order valence-corrected chi connectivity index (χ3v) is 5.92. The molecule has 144 valence electrons. The second-order valence-corrected chi connectivity index (χ2v) is 7.90. The summed E-state index contributed by atoms with van der Waals surface area (Å²) in [6, 6.07) is 12.4. The maximum Gasteiger partial charge on any atom is 0.259 e. The first-order valence-corrected chi connectivity index (χ1v) is 10.1. The Kier molecular flexibility index (Phi) is 4.56. The summed E-state index contributed by atoms with van der Waals surface area (Å²) >= 11 is 0. The average Bonchev–Trinajstić information content (AvgIpc) is 3.40. The number of nitrogens with zero attached hydrogens (tertiary/aromatic N) is 3. The van der Waals surface area contributed by atoms with Crippen molar-refractivity contribution in [2.45, 2.75) is 51.1 Å². The predicted octanol–water partition coefficient (Wildman–Crippen LogP) is 3.64. The van der Waals surface area contributed by atoms with Crippen LogP contribution in [-0.2, 0) is 19.5 Å². The fraction of sp³-hybridized carbons (Fsp3) is 0.409. The Hall–Kier alpha value is -2.73. The minimum atomic E-state index is -0.131. The third-order valence-electron chi connectivity index (χ3n) is 5.92. The quantitative estimate of drug-likeness (QED) is 0.752. The van der Waals surface area contributed by atoms with Gasteiger partial charge in [-0.3, -0.25) is 9.69 Å². The first-order chi connectivity index (χ1) is 13.8. The zero-order valence-corrected chi connectivity index (χ0v) is 15.9. The van der Waals surface area contributed by atoms with E-state index in [1.165, 1.54) is 18.4 Å². The highest BCUT2D eigenvalue weighted by atomic mass is 16.5. The molecule has 1 aliphatic carbocycles. The van der Waals surface area contributed by atoms with Crippen molar-refractivity contribution in [3.8, 4) is 11.4 Å². The van der Waals surface area contributed by atoms with Gasteiger partial charge in [-0.2, -0.15) is 4.98 Å². The van der Waals surface area contributed by atoms with Gasteiger partial charge in [0.15, 0.2) is 0 Å². The van der Waals surface area contributed by atoms with E-state index in [1.54, 1.807) is 0 Å². The van der Waals surface area contributed by atoms with Crippen molar-refractivity contribution >= 4 is 0 Å². The van der Waals surface area contributed by atoms with Crippen molar-refractivity contribution in [1.82, 2.24) is 20.0 Å². The van der Waals surface area contributed by atoms with Gasteiger partial charge in [-0.05, 0) is 30.0 Å². The van der Waals surface area contributed by atoms with Crippen LogP contribution in [0, 0.1) is 0 Å². The van der Waals surface area contributed by atoms with Crippen LogP contribution < -0.4 is 5.56 Å². The number of hydrogen-bond donors (Lipinski definition) is 1. The van der Waals surface area contributed by atoms with E-state index < -0.39 is 0 Å². The van der Waals surface area contributed by atoms with Gasteiger partial charge in [0.05, 0.1) is 5.56 Å². The summed E-state index contributed by atoms with van der Waals surface area (Å²) in [6.45, 7) is 2.65. The van der Waals surface area contributed by atoms with Gasteiger partial charge < -0.3 is 9.51 Å². The molecule has 0 spiro atoms. The van der Waals surface area contributed by atoms with Crippen LogP contribution in [0.3, 0.4) is 0 Å². The molecule has 2 aliphatic rings. The van der Waals surface area contributed by atoms with E-state index >= 15 is 0 Å². The molecule has 0 amide bonds. The molecule has 5 rings (SSSR count). The lowest BCUT2D eigenvalue weighted by atomic mass is 10.0. The van der Waals surface area contributed by atoms with E-state index in [1.807, 2.05) is 12.1 Å². The van der Waals surface area contributed by atoms with Gasteiger partial charge in [0.25, 0.3) is 5.56 Å². The van der Waals surface area contributed by atoms with Crippen molar-refractivity contribution in [3.05, 3.63) is 69.5 Å². The molecule has 1 saturated carbocycles. The largest absolute Gasteiger partial charge is 0.339 e. The fourth-order valence-electron chi connectivity index (χ4n) is 4.39. The van der Waals surface area contributed by atoms with Crippen LogP contribution >= 0.6 is 0 Å². The molecule has 1 N–H and O–H groups in total. The van der Waals surface area contributed by atoms with E-state index in [9.17, 15) is 4.79 Å². The Labute approximate surface area is 163 Å². The van der Waals surface area contributed by atoms with Gasteiger partial charge in [0.2, 0.25) is 11.7 Å². The number of benzene rings is 1. The second kappa shape index (κ2) is 7.36. The smallest absolute Gasteiger partial charge is 0.259 e. The van der Waals surface area contributed by atoms with Gasteiger partial charge in [0, 0.05) is 37.7 Å². The lowest BCUT2D eigenvalue weighted by Gasteiger charge is -2.28. The van der Waals surface area contributed by atoms with Crippen LogP contribution in [0.2, 0.25) is 0 Å². The predicted molar refractivity (Wildman–Crippen MR) is 106 cm³/mol. The van der Waals surface area contributed by atoms with Crippen LogP contribution in [0.5, 0.6) is 0 Å². The van der Waals surface area contributed by atoms with Crippen LogP contribution in [0.4, 0.5) is 0 Å². The highest BCUT2D eigenvalue weighted by Crippen LogP contribution is 2.33. The zero-order chi connectivity index (χ0) is 18.9. The Morgan fingerprint density at radius 1 is 1.18 bits per heavy atom. The van der Waals surface area contributed by atoms with E-state index in [-0.39, 0.29) is 5.56 Å². The fourth-order valence-corrected chi connectivity index (χ4v) is 4.39. The molecule has 6 nitrogen and oxygen atoms in total. The number of fused-ring (bicyclic) bond motifs is 1. The molecule has 3 aromatic rings. The Morgan fingerprint density at radius 3 is 2.82 bits per heavy atom. The van der Waals surface area contributed by atoms with E-state index in [0.29, 0.717) is 23.2 Å². The van der Waals surface area contributed by atoms with E-state index in [2.05, 4.69) is 44.3 Å². The number of aromatic amines is 1. The molecular weight excluding hydrogens is 352 g/mol. The first-order valence-electron chi connectivity index (χ1n) is 10.1. The van der Waals surface area contributed by atoms with Crippen molar-refractivity contribution in [1.29, 1.82) is 0 Å². The van der Waals surface area contributed by atoms with Gasteiger partial charge in [-0.25, -0.2) is 0 Å². The van der Waals surface area contributed by atoms with Crippen LogP contribution in [0.1, 0.15) is 54.3 Å². The summed E-state index contributed by atoms with van der Waals surface area (Å²) in [5.41, 5.74) is 3.85. The minimum absolute atomic E-state index is 0.131. The Morgan fingerprint density at radius 2 is 2.00 bits per heavy atom. The van der Waals surface area contributed by atoms with Crippen LogP contribution in [0.15, 0.2) is 45.7 Å². The lowest BCUT2D eigenvalue weighted by Crippen LogP contribution is -2.32. The molecule has 28 heavy (non-hydrogen) atoms. The van der Waals surface area contributed by atoms with Gasteiger partial charge in [0.1, 0.15) is 0 Å². The molecule has 0 atom stereocenters. The van der Waals surface area contributed by atoms with Gasteiger partial charge in [-0.15, -0.1) is 0 Å². The molecule has 0 saturated heterocycles. The number of rotatable bonds is 4. The summed E-state index contributed by atoms with van der Waals surface area (Å²) in [5, 5.41) is 4.11. The molecule has 6 heteroatoms. The molecule has 0 unspecified atom stereocenters. The summed E-state index contributed by atoms with van der Waals surface area (Å²) in [4.78, 5) is 22.6. The molecule has 0 radical (unpaired) electrons. The molecule has 3 heterocycles. The van der Waals surface area contributed by atoms with Crippen molar-refractivity contribution in [2.75, 3.05) is 6.54 Å². The number of H-pyrrole nitrogens is 1. The van der Waals surface area contributed by atoms with Gasteiger partial charge >= 0.3 is 0 Å². The highest BCUT2D eigenvalue weighted by molar-refractivity contribution is 5.55. The molecule has 0 bridgehead atoms. The topological polar surface area (TPSA) is 75.0 Å². The lowest BCUT2D eigenvalue weighted by molar-refractivity contribution is 0.243. The summed E-state index contributed by atoms with van der Waals surface area (Å²) in [7, 11) is 0. The minimum Gasteiger partial charge on any atom is -0.339 e. The SMILES string of the molecule is O=c1[nH]c2c(cc1-c1noc(C3CCCC3)n1)CN(Cc1ccccc1)CC2. The van der Waals surface area contributed by atoms with Crippen LogP contribution in [-0.4, -0.2) is 26.6 Å².